The van der Waals surface area contributed by atoms with Gasteiger partial charge < -0.3 is 10.1 Å². The van der Waals surface area contributed by atoms with Crippen molar-refractivity contribution in [1.29, 1.82) is 0 Å². The summed E-state index contributed by atoms with van der Waals surface area (Å²) < 4.78 is 31.3. The van der Waals surface area contributed by atoms with Crippen molar-refractivity contribution in [3.8, 4) is 5.75 Å². The molecule has 0 aliphatic heterocycles. The molecule has 7 heteroatoms. The van der Waals surface area contributed by atoms with Crippen LogP contribution in [0.25, 0.3) is 0 Å². The molecule has 0 fully saturated rings. The summed E-state index contributed by atoms with van der Waals surface area (Å²) >= 11 is 0. The molecule has 2 aromatic rings. The van der Waals surface area contributed by atoms with E-state index in [9.17, 15) is 13.2 Å². The van der Waals surface area contributed by atoms with Crippen LogP contribution in [0.2, 0.25) is 0 Å². The average Bonchev–Trinajstić information content (AvgIpc) is 2.72. The summed E-state index contributed by atoms with van der Waals surface area (Å²) in [6.45, 7) is 3.51. The van der Waals surface area contributed by atoms with E-state index in [4.69, 9.17) is 4.74 Å². The number of nitrogens with one attached hydrogen (secondary N) is 1. The fraction of sp³-hybridized carbons (Fsp3) is 0.435. The number of anilines is 1. The van der Waals surface area contributed by atoms with Gasteiger partial charge in [-0.15, -0.1) is 0 Å². The Balaban J connectivity index is 1.80. The molecule has 1 N–H and O–H groups in total. The minimum absolute atomic E-state index is 0.223. The summed E-state index contributed by atoms with van der Waals surface area (Å²) in [6, 6.07) is 11.9. The zero-order chi connectivity index (χ0) is 21.9. The third-order valence-corrected chi connectivity index (χ3v) is 6.87. The van der Waals surface area contributed by atoms with E-state index in [1.54, 1.807) is 31.2 Å². The lowest BCUT2D eigenvalue weighted by atomic mass is 9.89. The number of nitrogens with zero attached hydrogens (tertiary/aromatic N) is 1. The molecular weight excluding hydrogens is 400 g/mol. The van der Waals surface area contributed by atoms with Crippen molar-refractivity contribution < 1.29 is 17.9 Å². The average molecular weight is 431 g/mol. The quantitative estimate of drug-likeness (QED) is 0.728. The Kier molecular flexibility index (Phi) is 6.71. The maximum absolute atomic E-state index is 13.0. The van der Waals surface area contributed by atoms with Gasteiger partial charge in [-0.3, -0.25) is 9.10 Å². The highest BCUT2D eigenvalue weighted by atomic mass is 32.2. The first kappa shape index (κ1) is 22.2. The molecule has 30 heavy (non-hydrogen) atoms. The lowest BCUT2D eigenvalue weighted by Crippen LogP contribution is -2.48. The molecule has 1 aliphatic rings. The van der Waals surface area contributed by atoms with Crippen LogP contribution in [0.5, 0.6) is 5.75 Å². The van der Waals surface area contributed by atoms with Crippen LogP contribution >= 0.6 is 0 Å². The molecule has 0 unspecified atom stereocenters. The number of carbonyl (C=O) groups excluding carboxylic acids is 1. The van der Waals surface area contributed by atoms with E-state index in [-0.39, 0.29) is 11.9 Å². The van der Waals surface area contributed by atoms with Crippen molar-refractivity contribution in [2.24, 2.45) is 0 Å². The van der Waals surface area contributed by atoms with Crippen LogP contribution in [0.4, 0.5) is 5.69 Å². The second-order valence-electron chi connectivity index (χ2n) is 7.90. The lowest BCUT2D eigenvalue weighted by Gasteiger charge is -2.29. The summed E-state index contributed by atoms with van der Waals surface area (Å²) in [7, 11) is -2.17. The van der Waals surface area contributed by atoms with Crippen molar-refractivity contribution in [2.75, 3.05) is 17.7 Å². The molecule has 0 saturated carbocycles. The SMILES string of the molecule is COc1cccc(N([C@@H](C)C(=O)N[C@H](C)c2ccc3c(c2)CCCC3)S(C)(=O)=O)c1. The van der Waals surface area contributed by atoms with E-state index in [2.05, 4.69) is 23.5 Å². The van der Waals surface area contributed by atoms with E-state index >= 15 is 0 Å². The summed E-state index contributed by atoms with van der Waals surface area (Å²) in [5.41, 5.74) is 4.16. The number of benzene rings is 2. The lowest BCUT2D eigenvalue weighted by molar-refractivity contribution is -0.122. The Bertz CT molecular complexity index is 1020. The first-order valence-electron chi connectivity index (χ1n) is 10.3. The molecule has 0 bridgehead atoms. The van der Waals surface area contributed by atoms with Gasteiger partial charge in [0.15, 0.2) is 0 Å². The number of sulfonamides is 1. The predicted octanol–water partition coefficient (Wildman–Crippen LogP) is 3.61. The number of amides is 1. The van der Waals surface area contributed by atoms with Crippen LogP contribution in [0.3, 0.4) is 0 Å². The van der Waals surface area contributed by atoms with Crippen LogP contribution in [-0.4, -0.2) is 33.7 Å². The fourth-order valence-corrected chi connectivity index (χ4v) is 5.16. The van der Waals surface area contributed by atoms with Crippen LogP contribution in [0, 0.1) is 0 Å². The molecule has 1 aliphatic carbocycles. The van der Waals surface area contributed by atoms with Gasteiger partial charge in [0.1, 0.15) is 11.8 Å². The number of carbonyl (C=O) groups is 1. The summed E-state index contributed by atoms with van der Waals surface area (Å²) in [4.78, 5) is 13.0. The first-order valence-corrected chi connectivity index (χ1v) is 12.1. The second kappa shape index (κ2) is 9.08. The molecule has 1 amide bonds. The van der Waals surface area contributed by atoms with Crippen molar-refractivity contribution >= 4 is 21.6 Å². The highest BCUT2D eigenvalue weighted by molar-refractivity contribution is 7.92. The second-order valence-corrected chi connectivity index (χ2v) is 9.76. The number of methoxy groups -OCH3 is 1. The number of ether oxygens (including phenoxy) is 1. The summed E-state index contributed by atoms with van der Waals surface area (Å²) in [5, 5.41) is 2.98. The largest absolute Gasteiger partial charge is 0.497 e. The van der Waals surface area contributed by atoms with Gasteiger partial charge in [0.25, 0.3) is 0 Å². The number of hydrogen-bond donors (Lipinski definition) is 1. The fourth-order valence-electron chi connectivity index (χ4n) is 4.00. The molecule has 0 spiro atoms. The molecular formula is C23H30N2O4S. The Morgan fingerprint density at radius 2 is 1.77 bits per heavy atom. The highest BCUT2D eigenvalue weighted by Gasteiger charge is 2.30. The van der Waals surface area contributed by atoms with Gasteiger partial charge >= 0.3 is 0 Å². The Morgan fingerprint density at radius 1 is 1.07 bits per heavy atom. The highest BCUT2D eigenvalue weighted by Crippen LogP contribution is 2.27. The number of aryl methyl sites for hydroxylation is 2. The smallest absolute Gasteiger partial charge is 0.244 e. The Hall–Kier alpha value is -2.54. The van der Waals surface area contributed by atoms with Gasteiger partial charge in [-0.2, -0.15) is 0 Å². The van der Waals surface area contributed by atoms with Crippen LogP contribution in [0.1, 0.15) is 49.4 Å². The van der Waals surface area contributed by atoms with Crippen molar-refractivity contribution in [3.05, 3.63) is 59.2 Å². The van der Waals surface area contributed by atoms with Gasteiger partial charge in [-0.1, -0.05) is 24.3 Å². The maximum atomic E-state index is 13.0. The first-order chi connectivity index (χ1) is 14.2. The van der Waals surface area contributed by atoms with Gasteiger partial charge in [0.2, 0.25) is 15.9 Å². The molecule has 0 heterocycles. The monoisotopic (exact) mass is 430 g/mol. The van der Waals surface area contributed by atoms with Crippen molar-refractivity contribution in [3.63, 3.8) is 0 Å². The van der Waals surface area contributed by atoms with E-state index in [0.717, 1.165) is 29.0 Å². The van der Waals surface area contributed by atoms with Crippen LogP contribution in [0.15, 0.2) is 42.5 Å². The van der Waals surface area contributed by atoms with Crippen LogP contribution < -0.4 is 14.4 Å². The van der Waals surface area contributed by atoms with Crippen molar-refractivity contribution in [1.82, 2.24) is 5.32 Å². The van der Waals surface area contributed by atoms with Crippen LogP contribution in [-0.2, 0) is 27.7 Å². The molecule has 2 aromatic carbocycles. The molecule has 0 saturated heterocycles. The van der Waals surface area contributed by atoms with Gasteiger partial charge in [-0.25, -0.2) is 8.42 Å². The number of hydrogen-bond acceptors (Lipinski definition) is 4. The Morgan fingerprint density at radius 3 is 2.43 bits per heavy atom. The predicted molar refractivity (Wildman–Crippen MR) is 119 cm³/mol. The van der Waals surface area contributed by atoms with E-state index in [0.29, 0.717) is 11.4 Å². The van der Waals surface area contributed by atoms with E-state index in [1.165, 1.54) is 31.1 Å². The summed E-state index contributed by atoms with van der Waals surface area (Å²) in [6.07, 6.45) is 5.69. The topological polar surface area (TPSA) is 75.7 Å². The summed E-state index contributed by atoms with van der Waals surface area (Å²) in [5.74, 6) is 0.171. The number of fused-ring (bicyclic) bond motifs is 1. The normalized spacial score (nSPS) is 15.6. The maximum Gasteiger partial charge on any atom is 0.244 e. The molecule has 0 radical (unpaired) electrons. The van der Waals surface area contributed by atoms with Gasteiger partial charge in [-0.05, 0) is 68.4 Å². The van der Waals surface area contributed by atoms with E-state index < -0.39 is 16.1 Å². The van der Waals surface area contributed by atoms with Gasteiger partial charge in [0.05, 0.1) is 25.1 Å². The molecule has 3 rings (SSSR count). The minimum Gasteiger partial charge on any atom is -0.497 e. The standard InChI is InChI=1S/C23H30N2O4S/c1-16(19-13-12-18-8-5-6-9-20(18)14-19)24-23(26)17(2)25(30(4,27)28)21-10-7-11-22(15-21)29-3/h7,10-17H,5-6,8-9H2,1-4H3,(H,24,26)/t16-,17+/m1/s1. The van der Waals surface area contributed by atoms with E-state index in [1.807, 2.05) is 6.92 Å². The molecule has 162 valence electrons. The Labute approximate surface area is 179 Å². The van der Waals surface area contributed by atoms with Gasteiger partial charge in [0, 0.05) is 6.07 Å². The van der Waals surface area contributed by atoms with Crippen molar-refractivity contribution in [2.45, 2.75) is 51.6 Å². The zero-order valence-electron chi connectivity index (χ0n) is 18.0. The molecule has 6 nitrogen and oxygen atoms in total. The molecule has 2 atom stereocenters. The molecule has 0 aromatic heterocycles. The third kappa shape index (κ3) is 4.95. The zero-order valence-corrected chi connectivity index (χ0v) is 18.8. The number of rotatable bonds is 7. The third-order valence-electron chi connectivity index (χ3n) is 5.63. The minimum atomic E-state index is -3.68.